The van der Waals surface area contributed by atoms with Gasteiger partial charge in [-0.2, -0.15) is 0 Å². The first-order valence-electron chi connectivity index (χ1n) is 5.98. The first kappa shape index (κ1) is 14.9. The molecule has 0 aliphatic rings. The Morgan fingerprint density at radius 3 is 2.76 bits per heavy atom. The average molecular weight is 361 g/mol. The van der Waals surface area contributed by atoms with Crippen molar-refractivity contribution in [1.29, 1.82) is 0 Å². The number of rotatable bonds is 7. The van der Waals surface area contributed by atoms with Crippen LogP contribution in [0, 0.1) is 0 Å². The molecule has 1 atom stereocenters. The Bertz CT molecular complexity index is 363. The van der Waals surface area contributed by atoms with Crippen LogP contribution in [0.4, 0.5) is 0 Å². The number of allylic oxidation sites excluding steroid dienone is 1. The van der Waals surface area contributed by atoms with E-state index in [0.29, 0.717) is 6.04 Å². The number of unbranched alkanes of at least 4 members (excludes halogenated alkanes) is 1. The smallest absolute Gasteiger partial charge is 0.0331 e. The predicted molar refractivity (Wildman–Crippen MR) is 82.3 cm³/mol. The zero-order valence-corrected chi connectivity index (χ0v) is 13.4. The zero-order chi connectivity index (χ0) is 12.7. The first-order valence-corrected chi connectivity index (χ1v) is 7.56. The highest BCUT2D eigenvalue weighted by Crippen LogP contribution is 2.29. The molecule has 0 spiro atoms. The lowest BCUT2D eigenvalue weighted by atomic mass is 10.0. The summed E-state index contributed by atoms with van der Waals surface area (Å²) in [6.07, 6.45) is 5.37. The van der Waals surface area contributed by atoms with Crippen molar-refractivity contribution in [3.05, 3.63) is 45.4 Å². The molecular formula is C14H19Br2N. The standard InChI is InChI=1S/C14H19Br2N/c1-3-5-6-7-14(17-4-2)12-9-8-11(15)10-13(12)16/h3,8-10,14,17H,1,4-7H2,2H3. The van der Waals surface area contributed by atoms with Gasteiger partial charge < -0.3 is 5.32 Å². The Balaban J connectivity index is 2.77. The van der Waals surface area contributed by atoms with Crippen LogP contribution in [-0.4, -0.2) is 6.54 Å². The molecule has 0 amide bonds. The van der Waals surface area contributed by atoms with E-state index in [0.717, 1.165) is 28.3 Å². The van der Waals surface area contributed by atoms with E-state index in [-0.39, 0.29) is 0 Å². The van der Waals surface area contributed by atoms with Gasteiger partial charge in [0.05, 0.1) is 0 Å². The summed E-state index contributed by atoms with van der Waals surface area (Å²) in [7, 11) is 0. The maximum atomic E-state index is 3.77. The van der Waals surface area contributed by atoms with Gasteiger partial charge in [-0.05, 0) is 43.5 Å². The lowest BCUT2D eigenvalue weighted by molar-refractivity contribution is 0.499. The molecule has 0 aliphatic heterocycles. The number of nitrogens with one attached hydrogen (secondary N) is 1. The molecule has 0 heterocycles. The summed E-state index contributed by atoms with van der Waals surface area (Å²) < 4.78 is 2.27. The lowest BCUT2D eigenvalue weighted by Gasteiger charge is -2.19. The molecule has 0 bridgehead atoms. The van der Waals surface area contributed by atoms with Gasteiger partial charge in [-0.15, -0.1) is 6.58 Å². The largest absolute Gasteiger partial charge is 0.310 e. The van der Waals surface area contributed by atoms with Crippen molar-refractivity contribution in [3.8, 4) is 0 Å². The highest BCUT2D eigenvalue weighted by Gasteiger charge is 2.12. The highest BCUT2D eigenvalue weighted by atomic mass is 79.9. The summed E-state index contributed by atoms with van der Waals surface area (Å²) in [5.74, 6) is 0. The van der Waals surface area contributed by atoms with Gasteiger partial charge in [-0.3, -0.25) is 0 Å². The van der Waals surface area contributed by atoms with Crippen molar-refractivity contribution >= 4 is 31.9 Å². The van der Waals surface area contributed by atoms with E-state index in [1.165, 1.54) is 12.0 Å². The van der Waals surface area contributed by atoms with Crippen molar-refractivity contribution in [2.75, 3.05) is 6.54 Å². The third kappa shape index (κ3) is 4.94. The molecule has 0 saturated heterocycles. The van der Waals surface area contributed by atoms with E-state index < -0.39 is 0 Å². The monoisotopic (exact) mass is 359 g/mol. The molecule has 0 aromatic heterocycles. The van der Waals surface area contributed by atoms with Crippen molar-refractivity contribution in [2.24, 2.45) is 0 Å². The van der Waals surface area contributed by atoms with Gasteiger partial charge >= 0.3 is 0 Å². The number of hydrogen-bond acceptors (Lipinski definition) is 1. The number of halogens is 2. The Labute approximate surface area is 121 Å². The Hall–Kier alpha value is -0.120. The molecule has 94 valence electrons. The molecule has 0 aliphatic carbocycles. The quantitative estimate of drug-likeness (QED) is 0.519. The van der Waals surface area contributed by atoms with Crippen LogP contribution in [0.3, 0.4) is 0 Å². The van der Waals surface area contributed by atoms with Crippen LogP contribution in [0.5, 0.6) is 0 Å². The fraction of sp³-hybridized carbons (Fsp3) is 0.429. The second kappa shape index (κ2) is 8.06. The number of benzene rings is 1. The third-order valence-corrected chi connectivity index (χ3v) is 3.87. The van der Waals surface area contributed by atoms with E-state index in [2.05, 4.69) is 68.9 Å². The maximum absolute atomic E-state index is 3.77. The minimum absolute atomic E-state index is 0.419. The third-order valence-electron chi connectivity index (χ3n) is 2.69. The zero-order valence-electron chi connectivity index (χ0n) is 10.2. The molecule has 0 saturated carbocycles. The second-order valence-electron chi connectivity index (χ2n) is 4.00. The molecule has 1 unspecified atom stereocenters. The lowest BCUT2D eigenvalue weighted by Crippen LogP contribution is -2.21. The molecule has 17 heavy (non-hydrogen) atoms. The summed E-state index contributed by atoms with van der Waals surface area (Å²) in [5, 5.41) is 3.54. The van der Waals surface area contributed by atoms with Crippen LogP contribution in [-0.2, 0) is 0 Å². The van der Waals surface area contributed by atoms with E-state index >= 15 is 0 Å². The summed E-state index contributed by atoms with van der Waals surface area (Å²) in [5.41, 5.74) is 1.33. The summed E-state index contributed by atoms with van der Waals surface area (Å²) in [6.45, 7) is 6.90. The highest BCUT2D eigenvalue weighted by molar-refractivity contribution is 9.11. The SMILES string of the molecule is C=CCCCC(NCC)c1ccc(Br)cc1Br. The molecule has 0 fully saturated rings. The van der Waals surface area contributed by atoms with Crippen molar-refractivity contribution in [2.45, 2.75) is 32.2 Å². The molecular weight excluding hydrogens is 342 g/mol. The van der Waals surface area contributed by atoms with Gasteiger partial charge in [0.1, 0.15) is 0 Å². The van der Waals surface area contributed by atoms with Crippen LogP contribution < -0.4 is 5.32 Å². The molecule has 1 rings (SSSR count). The Morgan fingerprint density at radius 2 is 2.18 bits per heavy atom. The average Bonchev–Trinajstić information content (AvgIpc) is 2.28. The first-order chi connectivity index (χ1) is 8.19. The second-order valence-corrected chi connectivity index (χ2v) is 5.77. The molecule has 1 N–H and O–H groups in total. The summed E-state index contributed by atoms with van der Waals surface area (Å²) in [6, 6.07) is 6.79. The Morgan fingerprint density at radius 1 is 1.41 bits per heavy atom. The van der Waals surface area contributed by atoms with E-state index in [4.69, 9.17) is 0 Å². The molecule has 1 aromatic rings. The molecule has 1 nitrogen and oxygen atoms in total. The van der Waals surface area contributed by atoms with Crippen molar-refractivity contribution in [3.63, 3.8) is 0 Å². The van der Waals surface area contributed by atoms with Gasteiger partial charge in [-0.25, -0.2) is 0 Å². The van der Waals surface area contributed by atoms with Gasteiger partial charge in [0, 0.05) is 15.0 Å². The predicted octanol–water partition coefficient (Wildman–Crippen LogP) is 5.22. The van der Waals surface area contributed by atoms with Crippen LogP contribution in [0.25, 0.3) is 0 Å². The summed E-state index contributed by atoms with van der Waals surface area (Å²) in [4.78, 5) is 0. The molecule has 1 aromatic carbocycles. The minimum atomic E-state index is 0.419. The maximum Gasteiger partial charge on any atom is 0.0331 e. The molecule has 0 radical (unpaired) electrons. The Kier molecular flexibility index (Phi) is 7.09. The van der Waals surface area contributed by atoms with Crippen LogP contribution in [0.1, 0.15) is 37.8 Å². The van der Waals surface area contributed by atoms with Crippen molar-refractivity contribution in [1.82, 2.24) is 5.32 Å². The topological polar surface area (TPSA) is 12.0 Å². The van der Waals surface area contributed by atoms with E-state index in [9.17, 15) is 0 Å². The normalized spacial score (nSPS) is 12.4. The van der Waals surface area contributed by atoms with Gasteiger partial charge in [0.15, 0.2) is 0 Å². The van der Waals surface area contributed by atoms with E-state index in [1.54, 1.807) is 0 Å². The fourth-order valence-corrected chi connectivity index (χ4v) is 3.19. The van der Waals surface area contributed by atoms with E-state index in [1.807, 2.05) is 6.08 Å². The summed E-state index contributed by atoms with van der Waals surface area (Å²) >= 11 is 7.12. The van der Waals surface area contributed by atoms with Crippen LogP contribution in [0.15, 0.2) is 39.8 Å². The van der Waals surface area contributed by atoms with Gasteiger partial charge in [0.25, 0.3) is 0 Å². The van der Waals surface area contributed by atoms with Crippen molar-refractivity contribution < 1.29 is 0 Å². The van der Waals surface area contributed by atoms with Crippen LogP contribution in [0.2, 0.25) is 0 Å². The van der Waals surface area contributed by atoms with Gasteiger partial charge in [0.2, 0.25) is 0 Å². The van der Waals surface area contributed by atoms with Crippen LogP contribution >= 0.6 is 31.9 Å². The fourth-order valence-electron chi connectivity index (χ4n) is 1.86. The number of hydrogen-bond donors (Lipinski definition) is 1. The van der Waals surface area contributed by atoms with Gasteiger partial charge in [-0.1, -0.05) is 50.9 Å². The molecule has 3 heteroatoms. The minimum Gasteiger partial charge on any atom is -0.310 e.